The summed E-state index contributed by atoms with van der Waals surface area (Å²) < 4.78 is 5.67. The van der Waals surface area contributed by atoms with Crippen LogP contribution in [0.3, 0.4) is 0 Å². The fourth-order valence-electron chi connectivity index (χ4n) is 2.25. The van der Waals surface area contributed by atoms with E-state index in [2.05, 4.69) is 15.9 Å². The molecule has 0 aliphatic heterocycles. The van der Waals surface area contributed by atoms with E-state index in [1.54, 1.807) is 0 Å². The highest BCUT2D eigenvalue weighted by molar-refractivity contribution is 9.10. The lowest BCUT2D eigenvalue weighted by atomic mass is 9.78. The first-order chi connectivity index (χ1) is 8.49. The number of carbonyl (C=O) groups excluding carboxylic acids is 1. The van der Waals surface area contributed by atoms with Gasteiger partial charge in [0.2, 0.25) is 0 Å². The molecule has 1 aromatic carbocycles. The summed E-state index contributed by atoms with van der Waals surface area (Å²) in [5.41, 5.74) is -0.456. The van der Waals surface area contributed by atoms with Crippen LogP contribution in [0.15, 0.2) is 28.7 Å². The zero-order chi connectivity index (χ0) is 13.8. The van der Waals surface area contributed by atoms with Crippen molar-refractivity contribution in [2.24, 2.45) is 5.92 Å². The lowest BCUT2D eigenvalue weighted by Gasteiger charge is -2.33. The van der Waals surface area contributed by atoms with Crippen LogP contribution in [-0.2, 0) is 15.1 Å². The first-order valence-electron chi connectivity index (χ1n) is 6.05. The SMILES string of the molecule is CCC(C(=O)OC)C(O)(CC)c1cccc(Br)c1. The van der Waals surface area contributed by atoms with Crippen molar-refractivity contribution in [3.8, 4) is 0 Å². The Morgan fingerprint density at radius 1 is 1.50 bits per heavy atom. The van der Waals surface area contributed by atoms with E-state index in [0.29, 0.717) is 12.8 Å². The standard InChI is InChI=1S/C14H19BrO3/c1-4-12(13(16)18-3)14(17,5-2)10-7-6-8-11(15)9-10/h6-9,12,17H,4-5H2,1-3H3. The maximum absolute atomic E-state index is 11.8. The van der Waals surface area contributed by atoms with Gasteiger partial charge in [-0.2, -0.15) is 0 Å². The Balaban J connectivity index is 3.22. The Labute approximate surface area is 116 Å². The summed E-state index contributed by atoms with van der Waals surface area (Å²) >= 11 is 3.38. The minimum absolute atomic E-state index is 0.373. The lowest BCUT2D eigenvalue weighted by Crippen LogP contribution is -2.39. The number of carbonyl (C=O) groups is 1. The van der Waals surface area contributed by atoms with Crippen molar-refractivity contribution in [1.29, 1.82) is 0 Å². The predicted octanol–water partition coefficient (Wildman–Crippen LogP) is 3.25. The molecule has 0 fully saturated rings. The van der Waals surface area contributed by atoms with Crippen molar-refractivity contribution >= 4 is 21.9 Å². The number of aliphatic hydroxyl groups is 1. The van der Waals surface area contributed by atoms with Gasteiger partial charge in [-0.15, -0.1) is 0 Å². The Bertz CT molecular complexity index is 419. The third-order valence-electron chi connectivity index (χ3n) is 3.33. The van der Waals surface area contributed by atoms with Gasteiger partial charge in [-0.25, -0.2) is 0 Å². The Morgan fingerprint density at radius 3 is 2.61 bits per heavy atom. The van der Waals surface area contributed by atoms with E-state index in [0.717, 1.165) is 10.0 Å². The minimum atomic E-state index is -1.19. The third kappa shape index (κ3) is 2.93. The molecule has 2 atom stereocenters. The minimum Gasteiger partial charge on any atom is -0.469 e. The Morgan fingerprint density at radius 2 is 2.17 bits per heavy atom. The summed E-state index contributed by atoms with van der Waals surface area (Å²) in [4.78, 5) is 11.8. The first-order valence-corrected chi connectivity index (χ1v) is 6.85. The number of halogens is 1. The number of rotatable bonds is 5. The van der Waals surface area contributed by atoms with Crippen molar-refractivity contribution in [2.45, 2.75) is 32.3 Å². The average Bonchev–Trinajstić information content (AvgIpc) is 2.38. The molecule has 0 saturated carbocycles. The van der Waals surface area contributed by atoms with Crippen LogP contribution in [-0.4, -0.2) is 18.2 Å². The second-order valence-electron chi connectivity index (χ2n) is 4.27. The molecule has 100 valence electrons. The monoisotopic (exact) mass is 314 g/mol. The molecule has 0 heterocycles. The molecular weight excluding hydrogens is 296 g/mol. The average molecular weight is 315 g/mol. The van der Waals surface area contributed by atoms with Crippen LogP contribution in [0, 0.1) is 5.92 Å². The van der Waals surface area contributed by atoms with E-state index in [4.69, 9.17) is 4.74 Å². The molecule has 0 aliphatic carbocycles. The summed E-state index contributed by atoms with van der Waals surface area (Å²) in [5, 5.41) is 10.9. The second kappa shape index (κ2) is 6.34. The number of hydrogen-bond donors (Lipinski definition) is 1. The summed E-state index contributed by atoms with van der Waals surface area (Å²) in [7, 11) is 1.35. The molecule has 0 amide bonds. The Hall–Kier alpha value is -0.870. The number of methoxy groups -OCH3 is 1. The van der Waals surface area contributed by atoms with Gasteiger partial charge in [0.1, 0.15) is 5.60 Å². The maximum Gasteiger partial charge on any atom is 0.311 e. The van der Waals surface area contributed by atoms with Crippen LogP contribution in [0.1, 0.15) is 32.3 Å². The fraction of sp³-hybridized carbons (Fsp3) is 0.500. The molecule has 1 N–H and O–H groups in total. The quantitative estimate of drug-likeness (QED) is 0.849. The van der Waals surface area contributed by atoms with Gasteiger partial charge in [-0.1, -0.05) is 41.9 Å². The molecule has 1 aromatic rings. The topological polar surface area (TPSA) is 46.5 Å². The Kier molecular flexibility index (Phi) is 5.35. The smallest absolute Gasteiger partial charge is 0.311 e. The molecule has 2 unspecified atom stereocenters. The highest BCUT2D eigenvalue weighted by Crippen LogP contribution is 2.36. The normalized spacial score (nSPS) is 15.8. The maximum atomic E-state index is 11.8. The van der Waals surface area contributed by atoms with E-state index in [9.17, 15) is 9.90 Å². The molecule has 1 rings (SSSR count). The fourth-order valence-corrected chi connectivity index (χ4v) is 2.65. The zero-order valence-corrected chi connectivity index (χ0v) is 12.5. The molecule has 0 aliphatic rings. The summed E-state index contributed by atoms with van der Waals surface area (Å²) in [6, 6.07) is 7.41. The van der Waals surface area contributed by atoms with Gasteiger partial charge in [-0.3, -0.25) is 4.79 Å². The van der Waals surface area contributed by atoms with Gasteiger partial charge in [0.15, 0.2) is 0 Å². The molecule has 0 spiro atoms. The van der Waals surface area contributed by atoms with Crippen LogP contribution < -0.4 is 0 Å². The van der Waals surface area contributed by atoms with Crippen molar-refractivity contribution in [1.82, 2.24) is 0 Å². The van der Waals surface area contributed by atoms with Crippen LogP contribution >= 0.6 is 15.9 Å². The van der Waals surface area contributed by atoms with Crippen molar-refractivity contribution in [3.05, 3.63) is 34.3 Å². The number of esters is 1. The van der Waals surface area contributed by atoms with E-state index >= 15 is 0 Å². The van der Waals surface area contributed by atoms with Gasteiger partial charge < -0.3 is 9.84 Å². The van der Waals surface area contributed by atoms with E-state index in [1.165, 1.54) is 7.11 Å². The van der Waals surface area contributed by atoms with Gasteiger partial charge in [0.05, 0.1) is 13.0 Å². The van der Waals surface area contributed by atoms with E-state index < -0.39 is 11.5 Å². The number of ether oxygens (including phenoxy) is 1. The van der Waals surface area contributed by atoms with Crippen molar-refractivity contribution in [2.75, 3.05) is 7.11 Å². The molecule has 4 heteroatoms. The van der Waals surface area contributed by atoms with Crippen LogP contribution in [0.25, 0.3) is 0 Å². The summed E-state index contributed by atoms with van der Waals surface area (Å²) in [6.07, 6.45) is 0.987. The van der Waals surface area contributed by atoms with Crippen LogP contribution in [0.2, 0.25) is 0 Å². The van der Waals surface area contributed by atoms with Gasteiger partial charge in [-0.05, 0) is 30.5 Å². The van der Waals surface area contributed by atoms with Gasteiger partial charge >= 0.3 is 5.97 Å². The number of benzene rings is 1. The largest absolute Gasteiger partial charge is 0.469 e. The van der Waals surface area contributed by atoms with E-state index in [-0.39, 0.29) is 5.97 Å². The first kappa shape index (κ1) is 15.2. The molecule has 0 radical (unpaired) electrons. The summed E-state index contributed by atoms with van der Waals surface area (Å²) in [5.74, 6) is -0.927. The molecule has 18 heavy (non-hydrogen) atoms. The molecule has 0 aromatic heterocycles. The molecule has 0 saturated heterocycles. The molecular formula is C14H19BrO3. The van der Waals surface area contributed by atoms with Gasteiger partial charge in [0.25, 0.3) is 0 Å². The highest BCUT2D eigenvalue weighted by atomic mass is 79.9. The van der Waals surface area contributed by atoms with Crippen LogP contribution in [0.5, 0.6) is 0 Å². The van der Waals surface area contributed by atoms with Gasteiger partial charge in [0, 0.05) is 4.47 Å². The number of hydrogen-bond acceptors (Lipinski definition) is 3. The van der Waals surface area contributed by atoms with E-state index in [1.807, 2.05) is 38.1 Å². The molecule has 3 nitrogen and oxygen atoms in total. The zero-order valence-electron chi connectivity index (χ0n) is 10.9. The second-order valence-corrected chi connectivity index (χ2v) is 5.19. The third-order valence-corrected chi connectivity index (χ3v) is 3.83. The highest BCUT2D eigenvalue weighted by Gasteiger charge is 2.41. The van der Waals surface area contributed by atoms with Crippen molar-refractivity contribution < 1.29 is 14.6 Å². The van der Waals surface area contributed by atoms with Crippen LogP contribution in [0.4, 0.5) is 0 Å². The van der Waals surface area contributed by atoms with Crippen molar-refractivity contribution in [3.63, 3.8) is 0 Å². The molecule has 0 bridgehead atoms. The lowest BCUT2D eigenvalue weighted by molar-refractivity contribution is -0.157. The summed E-state index contributed by atoms with van der Waals surface area (Å²) in [6.45, 7) is 3.74. The predicted molar refractivity (Wildman–Crippen MR) is 74.1 cm³/mol.